The average Bonchev–Trinajstić information content (AvgIpc) is 3.02. The van der Waals surface area contributed by atoms with Gasteiger partial charge in [-0.05, 0) is 37.1 Å². The van der Waals surface area contributed by atoms with Crippen LogP contribution in [0.1, 0.15) is 31.0 Å². The number of benzene rings is 2. The van der Waals surface area contributed by atoms with Gasteiger partial charge in [-0.1, -0.05) is 36.8 Å². The molecule has 0 radical (unpaired) electrons. The maximum atomic E-state index is 6.23. The van der Waals surface area contributed by atoms with Gasteiger partial charge in [0.1, 0.15) is 34.4 Å². The third kappa shape index (κ3) is 2.81. The van der Waals surface area contributed by atoms with Crippen molar-refractivity contribution in [3.63, 3.8) is 0 Å². The molecule has 0 spiro atoms. The lowest BCUT2D eigenvalue weighted by Gasteiger charge is -2.23. The fourth-order valence-electron chi connectivity index (χ4n) is 3.57. The van der Waals surface area contributed by atoms with Gasteiger partial charge in [-0.2, -0.15) is 0 Å². The number of para-hydroxylation sites is 1. The molecule has 0 saturated heterocycles. The zero-order valence-electron chi connectivity index (χ0n) is 14.9. The van der Waals surface area contributed by atoms with E-state index >= 15 is 0 Å². The molecule has 5 nitrogen and oxygen atoms in total. The number of anilines is 1. The average molecular weight is 356 g/mol. The van der Waals surface area contributed by atoms with Crippen LogP contribution in [-0.2, 0) is 0 Å². The summed E-state index contributed by atoms with van der Waals surface area (Å²) in [5.74, 6) is 3.65. The van der Waals surface area contributed by atoms with Crippen molar-refractivity contribution in [2.24, 2.45) is 0 Å². The van der Waals surface area contributed by atoms with Gasteiger partial charge in [-0.15, -0.1) is 0 Å². The number of hydrogen-bond acceptors (Lipinski definition) is 4. The van der Waals surface area contributed by atoms with Gasteiger partial charge >= 0.3 is 0 Å². The van der Waals surface area contributed by atoms with E-state index in [9.17, 15) is 0 Å². The normalized spacial score (nSPS) is 14.2. The molecule has 0 atom stereocenters. The molecule has 1 aliphatic carbocycles. The monoisotopic (exact) mass is 356 g/mol. The van der Waals surface area contributed by atoms with Crippen molar-refractivity contribution in [3.8, 4) is 22.8 Å². The number of nitrogens with two attached hydrogens (primary N) is 1. The van der Waals surface area contributed by atoms with Gasteiger partial charge in [0, 0.05) is 23.9 Å². The quantitative estimate of drug-likeness (QED) is 0.556. The topological polar surface area (TPSA) is 65.4 Å². The van der Waals surface area contributed by atoms with Gasteiger partial charge < -0.3 is 10.5 Å². The second-order valence-corrected chi connectivity index (χ2v) is 6.92. The number of rotatable bonds is 4. The van der Waals surface area contributed by atoms with Crippen molar-refractivity contribution in [3.05, 3.63) is 72.8 Å². The predicted octanol–water partition coefficient (Wildman–Crippen LogP) is 5.04. The molecule has 1 aliphatic rings. The minimum Gasteiger partial charge on any atom is -0.457 e. The van der Waals surface area contributed by atoms with Crippen molar-refractivity contribution < 1.29 is 4.74 Å². The van der Waals surface area contributed by atoms with E-state index in [2.05, 4.69) is 9.38 Å². The number of fused-ring (bicyclic) bond motifs is 1. The summed E-state index contributed by atoms with van der Waals surface area (Å²) in [4.78, 5) is 9.26. The first kappa shape index (κ1) is 15.9. The van der Waals surface area contributed by atoms with E-state index in [0.717, 1.165) is 34.1 Å². The summed E-state index contributed by atoms with van der Waals surface area (Å²) in [5.41, 5.74) is 8.94. The molecule has 0 bridgehead atoms. The zero-order chi connectivity index (χ0) is 18.2. The molecular formula is C22H20N4O. The fraction of sp³-hybridized carbons (Fsp3) is 0.182. The highest BCUT2D eigenvalue weighted by Crippen LogP contribution is 2.39. The Morgan fingerprint density at radius 1 is 1.00 bits per heavy atom. The molecule has 2 N–H and O–H groups in total. The van der Waals surface area contributed by atoms with Crippen LogP contribution >= 0.6 is 0 Å². The highest BCUT2D eigenvalue weighted by Gasteiger charge is 2.26. The summed E-state index contributed by atoms with van der Waals surface area (Å²) in [6, 6.07) is 17.7. The van der Waals surface area contributed by atoms with E-state index in [0.29, 0.717) is 11.7 Å². The van der Waals surface area contributed by atoms with E-state index in [4.69, 9.17) is 15.5 Å². The maximum absolute atomic E-state index is 6.23. The molecule has 5 rings (SSSR count). The van der Waals surface area contributed by atoms with Gasteiger partial charge in [0.25, 0.3) is 0 Å². The zero-order valence-corrected chi connectivity index (χ0v) is 14.9. The van der Waals surface area contributed by atoms with Crippen molar-refractivity contribution >= 4 is 11.3 Å². The smallest absolute Gasteiger partial charge is 0.150 e. The molecule has 2 heterocycles. The maximum Gasteiger partial charge on any atom is 0.150 e. The molecule has 2 aromatic carbocycles. The lowest BCUT2D eigenvalue weighted by atomic mass is 9.85. The van der Waals surface area contributed by atoms with Crippen LogP contribution < -0.4 is 10.5 Å². The summed E-state index contributed by atoms with van der Waals surface area (Å²) >= 11 is 0. The largest absolute Gasteiger partial charge is 0.457 e. The van der Waals surface area contributed by atoms with Gasteiger partial charge in [0.05, 0.1) is 0 Å². The fourth-order valence-corrected chi connectivity index (χ4v) is 3.57. The third-order valence-corrected chi connectivity index (χ3v) is 5.17. The van der Waals surface area contributed by atoms with E-state index in [1.54, 1.807) is 6.20 Å². The Morgan fingerprint density at radius 2 is 1.81 bits per heavy atom. The number of ether oxygens (including phenoxy) is 1. The molecule has 134 valence electrons. The van der Waals surface area contributed by atoms with Crippen LogP contribution in [0.25, 0.3) is 16.8 Å². The van der Waals surface area contributed by atoms with E-state index in [-0.39, 0.29) is 0 Å². The van der Waals surface area contributed by atoms with Crippen molar-refractivity contribution in [1.29, 1.82) is 0 Å². The SMILES string of the molecule is Nc1nccn2c(C3CCC3)nc(-c3cccc(Oc4ccccc4)c3)c12. The highest BCUT2D eigenvalue weighted by atomic mass is 16.5. The van der Waals surface area contributed by atoms with Crippen LogP contribution in [0.4, 0.5) is 5.82 Å². The van der Waals surface area contributed by atoms with Gasteiger partial charge in [-0.25, -0.2) is 9.97 Å². The number of nitrogens with zero attached hydrogens (tertiary/aromatic N) is 3. The number of aromatic nitrogens is 3. The molecule has 1 fully saturated rings. The Morgan fingerprint density at radius 3 is 2.59 bits per heavy atom. The molecule has 0 aliphatic heterocycles. The first-order valence-electron chi connectivity index (χ1n) is 9.25. The predicted molar refractivity (Wildman–Crippen MR) is 106 cm³/mol. The lowest BCUT2D eigenvalue weighted by Crippen LogP contribution is -2.12. The minimum absolute atomic E-state index is 0.497. The standard InChI is InChI=1S/C22H20N4O/c23-21-20-19(25-22(15-6-4-7-15)26(20)13-12-24-21)16-8-5-11-18(14-16)27-17-9-2-1-3-10-17/h1-3,5,8-15H,4,6-7H2,(H2,23,24). The number of imidazole rings is 1. The van der Waals surface area contributed by atoms with Crippen molar-refractivity contribution in [2.75, 3.05) is 5.73 Å². The summed E-state index contributed by atoms with van der Waals surface area (Å²) in [7, 11) is 0. The minimum atomic E-state index is 0.497. The summed E-state index contributed by atoms with van der Waals surface area (Å²) in [6.45, 7) is 0. The van der Waals surface area contributed by atoms with Crippen LogP contribution in [0.2, 0.25) is 0 Å². The lowest BCUT2D eigenvalue weighted by molar-refractivity contribution is 0.400. The Bertz CT molecular complexity index is 1100. The molecule has 0 unspecified atom stereocenters. The summed E-state index contributed by atoms with van der Waals surface area (Å²) in [6.07, 6.45) is 7.32. The number of nitrogen functional groups attached to an aromatic ring is 1. The molecule has 2 aromatic heterocycles. The molecule has 4 aromatic rings. The van der Waals surface area contributed by atoms with Gasteiger partial charge in [-0.3, -0.25) is 4.40 Å². The van der Waals surface area contributed by atoms with E-state index < -0.39 is 0 Å². The molecule has 1 saturated carbocycles. The van der Waals surface area contributed by atoms with E-state index in [1.165, 1.54) is 19.3 Å². The third-order valence-electron chi connectivity index (χ3n) is 5.17. The first-order valence-corrected chi connectivity index (χ1v) is 9.25. The van der Waals surface area contributed by atoms with Crippen LogP contribution in [0, 0.1) is 0 Å². The first-order chi connectivity index (χ1) is 13.3. The van der Waals surface area contributed by atoms with Gasteiger partial charge in [0.15, 0.2) is 0 Å². The van der Waals surface area contributed by atoms with Crippen molar-refractivity contribution in [2.45, 2.75) is 25.2 Å². The number of hydrogen-bond donors (Lipinski definition) is 1. The van der Waals surface area contributed by atoms with E-state index in [1.807, 2.05) is 60.8 Å². The second kappa shape index (κ2) is 6.43. The van der Waals surface area contributed by atoms with Crippen LogP contribution in [0.3, 0.4) is 0 Å². The van der Waals surface area contributed by atoms with Crippen LogP contribution in [0.5, 0.6) is 11.5 Å². The highest BCUT2D eigenvalue weighted by molar-refractivity contribution is 5.85. The molecule has 27 heavy (non-hydrogen) atoms. The second-order valence-electron chi connectivity index (χ2n) is 6.92. The van der Waals surface area contributed by atoms with Crippen molar-refractivity contribution in [1.82, 2.24) is 14.4 Å². The Kier molecular flexibility index (Phi) is 3.78. The van der Waals surface area contributed by atoms with Crippen LogP contribution in [0.15, 0.2) is 67.0 Å². The Labute approximate surface area is 157 Å². The summed E-state index contributed by atoms with van der Waals surface area (Å²) in [5, 5.41) is 0. The summed E-state index contributed by atoms with van der Waals surface area (Å²) < 4.78 is 8.09. The Balaban J connectivity index is 1.60. The molecule has 5 heteroatoms. The Hall–Kier alpha value is -3.34. The van der Waals surface area contributed by atoms with Gasteiger partial charge in [0.2, 0.25) is 0 Å². The van der Waals surface area contributed by atoms with Crippen LogP contribution in [-0.4, -0.2) is 14.4 Å². The molecule has 0 amide bonds. The molecular weight excluding hydrogens is 336 g/mol.